The molecule has 0 saturated carbocycles. The van der Waals surface area contributed by atoms with Crippen molar-refractivity contribution in [2.75, 3.05) is 21.3 Å². The van der Waals surface area contributed by atoms with E-state index in [9.17, 15) is 8.42 Å². The number of fused-ring (bicyclic) bond motifs is 2. The Hall–Kier alpha value is -1.69. The highest BCUT2D eigenvalue weighted by atomic mass is 32.2. The first-order valence-corrected chi connectivity index (χ1v) is 9.36. The second kappa shape index (κ2) is 6.07. The lowest BCUT2D eigenvalue weighted by molar-refractivity contribution is 0.324. The van der Waals surface area contributed by atoms with Crippen LogP contribution in [0.4, 0.5) is 0 Å². The van der Waals surface area contributed by atoms with Crippen LogP contribution in [0.1, 0.15) is 31.2 Å². The summed E-state index contributed by atoms with van der Waals surface area (Å²) in [6.45, 7) is 0. The number of sulfone groups is 1. The van der Waals surface area contributed by atoms with Crippen molar-refractivity contribution < 1.29 is 22.6 Å². The molecule has 2 bridgehead atoms. The predicted octanol–water partition coefficient (Wildman–Crippen LogP) is 2.84. The van der Waals surface area contributed by atoms with Gasteiger partial charge >= 0.3 is 0 Å². The van der Waals surface area contributed by atoms with Crippen LogP contribution in [-0.4, -0.2) is 40.2 Å². The minimum atomic E-state index is -3.01. The zero-order valence-corrected chi connectivity index (χ0v) is 14.5. The normalized spacial score (nSPS) is 25.4. The average Bonchev–Trinajstić information content (AvgIpc) is 2.52. The van der Waals surface area contributed by atoms with Gasteiger partial charge in [-0.2, -0.15) is 0 Å². The standard InChI is InChI=1S/C17H22O5S/c1-20-15-9-12(10-16(21-2)17(15)22-3)11-7-13-5-4-6-14(8-11)23(13,18)19/h7,9-10,13-14H,4-6,8H2,1-3H3. The van der Waals surface area contributed by atoms with Crippen LogP contribution in [0.15, 0.2) is 18.2 Å². The van der Waals surface area contributed by atoms with Gasteiger partial charge in [0.05, 0.1) is 31.8 Å². The molecule has 0 aromatic heterocycles. The molecule has 2 atom stereocenters. The van der Waals surface area contributed by atoms with E-state index in [0.29, 0.717) is 30.1 Å². The van der Waals surface area contributed by atoms with Crippen molar-refractivity contribution in [3.63, 3.8) is 0 Å². The fraction of sp³-hybridized carbons (Fsp3) is 0.529. The molecule has 3 rings (SSSR count). The summed E-state index contributed by atoms with van der Waals surface area (Å²) in [5, 5.41) is -0.621. The second-order valence-electron chi connectivity index (χ2n) is 5.99. The fourth-order valence-corrected chi connectivity index (χ4v) is 5.79. The van der Waals surface area contributed by atoms with E-state index < -0.39 is 9.84 Å². The number of benzene rings is 1. The highest BCUT2D eigenvalue weighted by Gasteiger charge is 2.40. The smallest absolute Gasteiger partial charge is 0.203 e. The van der Waals surface area contributed by atoms with Gasteiger partial charge in [-0.15, -0.1) is 0 Å². The van der Waals surface area contributed by atoms with Crippen molar-refractivity contribution in [2.24, 2.45) is 0 Å². The van der Waals surface area contributed by atoms with Crippen LogP contribution in [0.3, 0.4) is 0 Å². The lowest BCUT2D eigenvalue weighted by Gasteiger charge is -2.33. The van der Waals surface area contributed by atoms with Crippen molar-refractivity contribution in [2.45, 2.75) is 36.2 Å². The fourth-order valence-electron chi connectivity index (χ4n) is 3.54. The molecule has 0 amide bonds. The first kappa shape index (κ1) is 16.2. The first-order valence-electron chi connectivity index (χ1n) is 7.75. The Morgan fingerprint density at radius 2 is 1.65 bits per heavy atom. The summed E-state index contributed by atoms with van der Waals surface area (Å²) in [6, 6.07) is 3.78. The van der Waals surface area contributed by atoms with Gasteiger partial charge in [-0.1, -0.05) is 12.5 Å². The number of rotatable bonds is 4. The third kappa shape index (κ3) is 2.69. The maximum atomic E-state index is 12.4. The molecule has 0 spiro atoms. The molecule has 0 aliphatic carbocycles. The molecule has 1 saturated heterocycles. The molecule has 5 nitrogen and oxygen atoms in total. The Balaban J connectivity index is 2.07. The second-order valence-corrected chi connectivity index (χ2v) is 8.44. The summed E-state index contributed by atoms with van der Waals surface area (Å²) in [6.07, 6.45) is 4.91. The summed E-state index contributed by atoms with van der Waals surface area (Å²) >= 11 is 0. The van der Waals surface area contributed by atoms with Crippen molar-refractivity contribution in [1.82, 2.24) is 0 Å². The van der Waals surface area contributed by atoms with Gasteiger partial charge in [0.15, 0.2) is 21.3 Å². The van der Waals surface area contributed by atoms with E-state index in [1.165, 1.54) is 0 Å². The van der Waals surface area contributed by atoms with E-state index in [1.807, 2.05) is 18.2 Å². The van der Waals surface area contributed by atoms with Crippen molar-refractivity contribution in [1.29, 1.82) is 0 Å². The van der Waals surface area contributed by atoms with Crippen LogP contribution in [0.2, 0.25) is 0 Å². The van der Waals surface area contributed by atoms with Gasteiger partial charge in [0.2, 0.25) is 5.75 Å². The molecule has 2 unspecified atom stereocenters. The van der Waals surface area contributed by atoms with Crippen LogP contribution in [0, 0.1) is 0 Å². The Morgan fingerprint density at radius 3 is 2.17 bits per heavy atom. The van der Waals surface area contributed by atoms with E-state index in [4.69, 9.17) is 14.2 Å². The molecular weight excluding hydrogens is 316 g/mol. The lowest BCUT2D eigenvalue weighted by Crippen LogP contribution is -2.38. The summed E-state index contributed by atoms with van der Waals surface area (Å²) in [4.78, 5) is 0. The molecule has 126 valence electrons. The molecule has 0 radical (unpaired) electrons. The van der Waals surface area contributed by atoms with E-state index >= 15 is 0 Å². The topological polar surface area (TPSA) is 61.8 Å². The largest absolute Gasteiger partial charge is 0.493 e. The Kier molecular flexibility index (Phi) is 4.27. The molecule has 23 heavy (non-hydrogen) atoms. The van der Waals surface area contributed by atoms with Crippen LogP contribution in [0.5, 0.6) is 17.2 Å². The highest BCUT2D eigenvalue weighted by molar-refractivity contribution is 7.93. The minimum Gasteiger partial charge on any atom is -0.493 e. The first-order chi connectivity index (χ1) is 11.0. The van der Waals surface area contributed by atoms with E-state index in [1.54, 1.807) is 21.3 Å². The van der Waals surface area contributed by atoms with Crippen molar-refractivity contribution >= 4 is 15.4 Å². The van der Waals surface area contributed by atoms with E-state index in [2.05, 4.69) is 0 Å². The van der Waals surface area contributed by atoms with Crippen LogP contribution in [-0.2, 0) is 9.84 Å². The van der Waals surface area contributed by atoms with Gasteiger partial charge < -0.3 is 14.2 Å². The van der Waals surface area contributed by atoms with Gasteiger partial charge in [-0.05, 0) is 42.5 Å². The monoisotopic (exact) mass is 338 g/mol. The number of hydrogen-bond acceptors (Lipinski definition) is 5. The van der Waals surface area contributed by atoms with Gasteiger partial charge in [0.25, 0.3) is 0 Å². The number of ether oxygens (including phenoxy) is 3. The van der Waals surface area contributed by atoms with Crippen LogP contribution < -0.4 is 14.2 Å². The predicted molar refractivity (Wildman–Crippen MR) is 89.0 cm³/mol. The van der Waals surface area contributed by atoms with E-state index in [0.717, 1.165) is 24.0 Å². The molecule has 0 N–H and O–H groups in total. The summed E-state index contributed by atoms with van der Waals surface area (Å²) in [7, 11) is 1.71. The molecule has 2 aliphatic rings. The molecule has 2 aliphatic heterocycles. The van der Waals surface area contributed by atoms with Gasteiger partial charge in [-0.3, -0.25) is 0 Å². The third-order valence-corrected chi connectivity index (χ3v) is 7.32. The van der Waals surface area contributed by atoms with Gasteiger partial charge in [0, 0.05) is 0 Å². The zero-order chi connectivity index (χ0) is 16.6. The van der Waals surface area contributed by atoms with Gasteiger partial charge in [-0.25, -0.2) is 8.42 Å². The average molecular weight is 338 g/mol. The van der Waals surface area contributed by atoms with Crippen molar-refractivity contribution in [3.05, 3.63) is 23.8 Å². The van der Waals surface area contributed by atoms with Crippen LogP contribution in [0.25, 0.3) is 5.57 Å². The zero-order valence-electron chi connectivity index (χ0n) is 13.7. The summed E-state index contributed by atoms with van der Waals surface area (Å²) in [5.41, 5.74) is 1.99. The van der Waals surface area contributed by atoms with Gasteiger partial charge in [0.1, 0.15) is 0 Å². The Bertz CT molecular complexity index is 710. The number of allylic oxidation sites excluding steroid dienone is 1. The van der Waals surface area contributed by atoms with Crippen LogP contribution >= 0.6 is 0 Å². The Labute approximate surface area is 137 Å². The highest BCUT2D eigenvalue weighted by Crippen LogP contribution is 2.44. The maximum Gasteiger partial charge on any atom is 0.203 e. The number of methoxy groups -OCH3 is 3. The summed E-state index contributed by atoms with van der Waals surface area (Å²) < 4.78 is 40.9. The van der Waals surface area contributed by atoms with Crippen molar-refractivity contribution in [3.8, 4) is 17.2 Å². The lowest BCUT2D eigenvalue weighted by atomic mass is 9.93. The minimum absolute atomic E-state index is 0.264. The molecule has 6 heteroatoms. The summed E-state index contributed by atoms with van der Waals surface area (Å²) in [5.74, 6) is 1.71. The SMILES string of the molecule is COc1cc(C2=CC3CCCC(C2)S3(=O)=O)cc(OC)c1OC. The quantitative estimate of drug-likeness (QED) is 0.845. The molecule has 1 fully saturated rings. The molecule has 2 heterocycles. The molecular formula is C17H22O5S. The maximum absolute atomic E-state index is 12.4. The Morgan fingerprint density at radius 1 is 1.00 bits per heavy atom. The third-order valence-electron chi connectivity index (χ3n) is 4.77. The molecule has 1 aromatic carbocycles. The molecule has 1 aromatic rings. The van der Waals surface area contributed by atoms with E-state index in [-0.39, 0.29) is 10.5 Å². The number of hydrogen-bond donors (Lipinski definition) is 0.